The van der Waals surface area contributed by atoms with E-state index < -0.39 is 35.7 Å². The summed E-state index contributed by atoms with van der Waals surface area (Å²) in [6, 6.07) is 7.93. The first-order valence-electron chi connectivity index (χ1n) is 10.7. The number of aliphatic hydroxyl groups is 1. The fourth-order valence-electron chi connectivity index (χ4n) is 5.15. The van der Waals surface area contributed by atoms with Crippen LogP contribution < -0.4 is 10.1 Å². The topological polar surface area (TPSA) is 102 Å². The second kappa shape index (κ2) is 7.31. The van der Waals surface area contributed by atoms with E-state index in [0.717, 1.165) is 11.6 Å². The molecule has 0 radical (unpaired) electrons. The zero-order valence-corrected chi connectivity index (χ0v) is 17.3. The normalized spacial score (nSPS) is 31.3. The second-order valence-electron chi connectivity index (χ2n) is 8.78. The summed E-state index contributed by atoms with van der Waals surface area (Å²) in [5, 5.41) is 15.2. The average molecular weight is 462 g/mol. The number of benzene rings is 1. The zero-order chi connectivity index (χ0) is 22.8. The van der Waals surface area contributed by atoms with Crippen LogP contribution in [0.2, 0.25) is 0 Å². The molecule has 3 aromatic rings. The molecule has 0 amide bonds. The molecule has 33 heavy (non-hydrogen) atoms. The van der Waals surface area contributed by atoms with E-state index in [2.05, 4.69) is 20.3 Å². The number of ether oxygens (including phenoxy) is 3. The smallest absolute Gasteiger partial charge is 0.431 e. The molecule has 6 rings (SSSR count). The summed E-state index contributed by atoms with van der Waals surface area (Å²) < 4.78 is 57.1. The van der Waals surface area contributed by atoms with E-state index in [4.69, 9.17) is 14.2 Å². The van der Waals surface area contributed by atoms with Crippen LogP contribution in [-0.4, -0.2) is 51.3 Å². The lowest BCUT2D eigenvalue weighted by Gasteiger charge is -2.46. The van der Waals surface area contributed by atoms with Gasteiger partial charge in [0.2, 0.25) is 0 Å². The minimum Gasteiger partial charge on any atom is -0.493 e. The summed E-state index contributed by atoms with van der Waals surface area (Å²) in [6.07, 6.45) is -3.38. The van der Waals surface area contributed by atoms with Crippen LogP contribution in [0.3, 0.4) is 0 Å². The van der Waals surface area contributed by atoms with Crippen molar-refractivity contribution >= 4 is 16.9 Å². The SMILES string of the molecule is O[C@@]1([C@H]2COc3ccccc3[C@@H]2Nc2ncnc3[nH]c(C(F)(F)F)cc23)C[C@H]2CO[C@@H](C1)O2. The standard InChI is InChI=1S/C22H21F3N4O4/c23-22(24,25)16-5-13-19(28-16)26-10-27-20(13)29-18-12-3-1-2-4-15(12)31-9-14(18)21(30)6-11-8-32-17(7-21)33-11/h1-5,10-11,14,17-18,30H,6-9H2,(H2,26,27,28,29)/t11-,14-,17+,18-,21-/m0/s1. The number of alkyl halides is 3. The van der Waals surface area contributed by atoms with Gasteiger partial charge in [-0.1, -0.05) is 18.2 Å². The molecule has 0 spiro atoms. The maximum Gasteiger partial charge on any atom is 0.431 e. The Morgan fingerprint density at radius 1 is 1.15 bits per heavy atom. The minimum atomic E-state index is -4.54. The Morgan fingerprint density at radius 3 is 2.82 bits per heavy atom. The van der Waals surface area contributed by atoms with Crippen molar-refractivity contribution in [3.63, 3.8) is 0 Å². The number of para-hydroxylation sites is 1. The quantitative estimate of drug-likeness (QED) is 0.548. The molecule has 8 nitrogen and oxygen atoms in total. The molecule has 2 bridgehead atoms. The van der Waals surface area contributed by atoms with Gasteiger partial charge in [0.15, 0.2) is 6.29 Å². The Morgan fingerprint density at radius 2 is 2.00 bits per heavy atom. The van der Waals surface area contributed by atoms with Crippen LogP contribution in [0, 0.1) is 5.92 Å². The molecule has 2 saturated heterocycles. The predicted molar refractivity (Wildman–Crippen MR) is 109 cm³/mol. The molecular weight excluding hydrogens is 441 g/mol. The van der Waals surface area contributed by atoms with Gasteiger partial charge in [-0.3, -0.25) is 0 Å². The molecule has 3 N–H and O–H groups in total. The van der Waals surface area contributed by atoms with Gasteiger partial charge >= 0.3 is 6.18 Å². The van der Waals surface area contributed by atoms with Gasteiger partial charge in [0.25, 0.3) is 0 Å². The third kappa shape index (κ3) is 3.51. The van der Waals surface area contributed by atoms with Gasteiger partial charge in [-0.2, -0.15) is 13.2 Å². The Labute approximate surface area is 186 Å². The summed E-state index contributed by atoms with van der Waals surface area (Å²) in [6.45, 7) is 0.644. The van der Waals surface area contributed by atoms with E-state index in [9.17, 15) is 18.3 Å². The lowest BCUT2D eigenvalue weighted by atomic mass is 9.73. The molecule has 1 aromatic carbocycles. The lowest BCUT2D eigenvalue weighted by molar-refractivity contribution is -0.182. The highest BCUT2D eigenvalue weighted by molar-refractivity contribution is 5.88. The van der Waals surface area contributed by atoms with Crippen LogP contribution in [0.15, 0.2) is 36.7 Å². The van der Waals surface area contributed by atoms with Crippen molar-refractivity contribution in [2.24, 2.45) is 5.92 Å². The molecule has 11 heteroatoms. The zero-order valence-electron chi connectivity index (χ0n) is 17.3. The minimum absolute atomic E-state index is 0.0768. The fourth-order valence-corrected chi connectivity index (χ4v) is 5.15. The largest absolute Gasteiger partial charge is 0.493 e. The van der Waals surface area contributed by atoms with Crippen LogP contribution >= 0.6 is 0 Å². The molecular formula is C22H21F3N4O4. The highest BCUT2D eigenvalue weighted by atomic mass is 19.4. The van der Waals surface area contributed by atoms with E-state index in [1.54, 1.807) is 0 Å². The number of nitrogens with zero attached hydrogens (tertiary/aromatic N) is 2. The van der Waals surface area contributed by atoms with Gasteiger partial charge in [0.1, 0.15) is 29.2 Å². The summed E-state index contributed by atoms with van der Waals surface area (Å²) in [5.74, 6) is 0.471. The Kier molecular flexibility index (Phi) is 4.58. The summed E-state index contributed by atoms with van der Waals surface area (Å²) in [4.78, 5) is 10.5. The van der Waals surface area contributed by atoms with Crippen molar-refractivity contribution < 1.29 is 32.5 Å². The summed E-state index contributed by atoms with van der Waals surface area (Å²) in [7, 11) is 0. The third-order valence-corrected chi connectivity index (χ3v) is 6.70. The predicted octanol–water partition coefficient (Wildman–Crippen LogP) is 3.40. The van der Waals surface area contributed by atoms with Gasteiger partial charge in [0.05, 0.1) is 36.3 Å². The monoisotopic (exact) mass is 462 g/mol. The van der Waals surface area contributed by atoms with E-state index in [0.29, 0.717) is 18.8 Å². The molecule has 5 atom stereocenters. The molecule has 3 aliphatic rings. The number of anilines is 1. The number of rotatable bonds is 3. The summed E-state index contributed by atoms with van der Waals surface area (Å²) in [5.41, 5.74) is -1.19. The Hall–Kier alpha value is -2.89. The van der Waals surface area contributed by atoms with Gasteiger partial charge in [0, 0.05) is 24.3 Å². The lowest BCUT2D eigenvalue weighted by Crippen LogP contribution is -2.53. The number of fused-ring (bicyclic) bond motifs is 4. The van der Waals surface area contributed by atoms with E-state index in [1.165, 1.54) is 6.33 Å². The van der Waals surface area contributed by atoms with Gasteiger partial charge in [-0.25, -0.2) is 9.97 Å². The fraction of sp³-hybridized carbons (Fsp3) is 0.455. The highest BCUT2D eigenvalue weighted by Gasteiger charge is 2.53. The number of halogens is 3. The number of hydrogen-bond donors (Lipinski definition) is 3. The molecule has 0 saturated carbocycles. The van der Waals surface area contributed by atoms with Crippen LogP contribution in [0.4, 0.5) is 19.0 Å². The van der Waals surface area contributed by atoms with Crippen molar-refractivity contribution in [1.82, 2.24) is 15.0 Å². The molecule has 2 fully saturated rings. The first-order chi connectivity index (χ1) is 15.8. The summed E-state index contributed by atoms with van der Waals surface area (Å²) >= 11 is 0. The number of nitrogens with one attached hydrogen (secondary N) is 2. The number of aromatic amines is 1. The number of H-pyrrole nitrogens is 1. The van der Waals surface area contributed by atoms with Crippen molar-refractivity contribution in [3.8, 4) is 5.75 Å². The van der Waals surface area contributed by atoms with Gasteiger partial charge in [-0.05, 0) is 12.1 Å². The maximum atomic E-state index is 13.3. The van der Waals surface area contributed by atoms with Crippen LogP contribution in [0.25, 0.3) is 11.0 Å². The Bertz CT molecular complexity index is 1190. The van der Waals surface area contributed by atoms with Crippen molar-refractivity contribution in [2.45, 2.75) is 43.1 Å². The van der Waals surface area contributed by atoms with E-state index in [1.807, 2.05) is 24.3 Å². The second-order valence-corrected chi connectivity index (χ2v) is 8.78. The average Bonchev–Trinajstić information content (AvgIpc) is 3.38. The van der Waals surface area contributed by atoms with Gasteiger partial charge in [-0.15, -0.1) is 0 Å². The maximum absolute atomic E-state index is 13.3. The van der Waals surface area contributed by atoms with Crippen molar-refractivity contribution in [3.05, 3.63) is 47.9 Å². The van der Waals surface area contributed by atoms with E-state index in [-0.39, 0.29) is 36.0 Å². The van der Waals surface area contributed by atoms with Crippen LogP contribution in [0.5, 0.6) is 5.75 Å². The first kappa shape index (κ1) is 20.7. The van der Waals surface area contributed by atoms with Crippen LogP contribution in [-0.2, 0) is 15.7 Å². The molecule has 3 aliphatic heterocycles. The molecule has 5 heterocycles. The molecule has 0 aliphatic carbocycles. The molecule has 0 unspecified atom stereocenters. The van der Waals surface area contributed by atoms with Crippen molar-refractivity contribution in [2.75, 3.05) is 18.5 Å². The molecule has 174 valence electrons. The highest BCUT2D eigenvalue weighted by Crippen LogP contribution is 2.48. The first-order valence-corrected chi connectivity index (χ1v) is 10.7. The van der Waals surface area contributed by atoms with Crippen LogP contribution in [0.1, 0.15) is 30.1 Å². The van der Waals surface area contributed by atoms with E-state index >= 15 is 0 Å². The van der Waals surface area contributed by atoms with Crippen molar-refractivity contribution in [1.29, 1.82) is 0 Å². The van der Waals surface area contributed by atoms with Gasteiger partial charge < -0.3 is 29.6 Å². The Balaban J connectivity index is 1.41. The number of hydrogen-bond acceptors (Lipinski definition) is 7. The number of aromatic nitrogens is 3. The third-order valence-electron chi connectivity index (χ3n) is 6.70. The molecule has 2 aromatic heterocycles.